The minimum atomic E-state index is -0.0616. The molecule has 1 aliphatic rings. The predicted octanol–water partition coefficient (Wildman–Crippen LogP) is 2.70. The Morgan fingerprint density at radius 2 is 2.19 bits per heavy atom. The van der Waals surface area contributed by atoms with Crippen molar-refractivity contribution in [2.45, 2.75) is 30.6 Å². The second kappa shape index (κ2) is 7.61. The number of carbonyl (C=O) groups is 1. The predicted molar refractivity (Wildman–Crippen MR) is 90.3 cm³/mol. The van der Waals surface area contributed by atoms with Crippen LogP contribution in [0.4, 0.5) is 5.69 Å². The lowest BCUT2D eigenvalue weighted by atomic mass is 10.0. The largest absolute Gasteiger partial charge is 0.352 e. The van der Waals surface area contributed by atoms with Gasteiger partial charge in [-0.1, -0.05) is 6.07 Å². The molecular formula is C16H23N3OS. The molecule has 1 aromatic carbocycles. The first-order chi connectivity index (χ1) is 10.1. The summed E-state index contributed by atoms with van der Waals surface area (Å²) in [5.41, 5.74) is 2.64. The lowest BCUT2D eigenvalue weighted by molar-refractivity contribution is 0.0950. The van der Waals surface area contributed by atoms with E-state index >= 15 is 0 Å². The van der Waals surface area contributed by atoms with E-state index in [0.717, 1.165) is 37.9 Å². The number of unbranched alkanes of at least 4 members (excludes halogenated alkanes) is 1. The Morgan fingerprint density at radius 1 is 1.38 bits per heavy atom. The van der Waals surface area contributed by atoms with Crippen LogP contribution in [0.15, 0.2) is 22.0 Å². The van der Waals surface area contributed by atoms with Gasteiger partial charge in [0.1, 0.15) is 0 Å². The summed E-state index contributed by atoms with van der Waals surface area (Å²) in [6.45, 7) is 1.74. The number of rotatable bonds is 6. The minimum absolute atomic E-state index is 0.0616. The van der Waals surface area contributed by atoms with E-state index in [4.69, 9.17) is 0 Å². The average molecular weight is 305 g/mol. The highest BCUT2D eigenvalue weighted by molar-refractivity contribution is 7.80. The van der Waals surface area contributed by atoms with Crippen molar-refractivity contribution in [3.8, 4) is 0 Å². The number of hydrogen-bond acceptors (Lipinski definition) is 4. The van der Waals surface area contributed by atoms with Gasteiger partial charge in [0, 0.05) is 17.7 Å². The molecule has 2 rings (SSSR count). The fraction of sp³-hybridized carbons (Fsp3) is 0.500. The number of aryl methyl sites for hydroxylation is 1. The van der Waals surface area contributed by atoms with Crippen LogP contribution < -0.4 is 5.32 Å². The lowest BCUT2D eigenvalue weighted by Crippen LogP contribution is -2.25. The molecule has 1 N–H and O–H groups in total. The number of benzene rings is 1. The van der Waals surface area contributed by atoms with E-state index in [1.165, 1.54) is 5.56 Å². The first-order valence-corrected chi connectivity index (χ1v) is 7.84. The van der Waals surface area contributed by atoms with E-state index in [2.05, 4.69) is 41.9 Å². The third-order valence-corrected chi connectivity index (χ3v) is 4.01. The Balaban J connectivity index is 1.93. The van der Waals surface area contributed by atoms with Crippen LogP contribution in [0.2, 0.25) is 0 Å². The van der Waals surface area contributed by atoms with E-state index < -0.39 is 0 Å². The second-order valence-electron chi connectivity index (χ2n) is 5.59. The van der Waals surface area contributed by atoms with Gasteiger partial charge in [0.15, 0.2) is 0 Å². The van der Waals surface area contributed by atoms with Crippen molar-refractivity contribution in [2.24, 2.45) is 4.99 Å². The molecule has 114 valence electrons. The molecule has 0 saturated heterocycles. The molecule has 0 bridgehead atoms. The van der Waals surface area contributed by atoms with E-state index in [0.29, 0.717) is 17.0 Å². The van der Waals surface area contributed by atoms with Gasteiger partial charge in [-0.2, -0.15) is 0 Å². The Kier molecular flexibility index (Phi) is 5.82. The van der Waals surface area contributed by atoms with Crippen LogP contribution >= 0.6 is 12.6 Å². The van der Waals surface area contributed by atoms with Crippen molar-refractivity contribution in [2.75, 3.05) is 27.2 Å². The highest BCUT2D eigenvalue weighted by atomic mass is 32.1. The van der Waals surface area contributed by atoms with Crippen LogP contribution in [0.5, 0.6) is 0 Å². The molecule has 0 aromatic heterocycles. The average Bonchev–Trinajstić information content (AvgIpc) is 2.47. The van der Waals surface area contributed by atoms with Crippen molar-refractivity contribution in [1.29, 1.82) is 0 Å². The monoisotopic (exact) mass is 305 g/mol. The lowest BCUT2D eigenvalue weighted by Gasteiger charge is -2.15. The fourth-order valence-electron chi connectivity index (χ4n) is 2.38. The third kappa shape index (κ3) is 4.32. The van der Waals surface area contributed by atoms with E-state index in [1.54, 1.807) is 0 Å². The zero-order valence-electron chi connectivity index (χ0n) is 12.7. The molecule has 0 spiro atoms. The Labute approximate surface area is 132 Å². The minimum Gasteiger partial charge on any atom is -0.352 e. The van der Waals surface area contributed by atoms with E-state index in [9.17, 15) is 4.79 Å². The smallest absolute Gasteiger partial charge is 0.252 e. The van der Waals surface area contributed by atoms with E-state index in [-0.39, 0.29) is 5.91 Å². The molecule has 5 heteroatoms. The molecule has 0 aliphatic carbocycles. The zero-order valence-corrected chi connectivity index (χ0v) is 13.6. The first-order valence-electron chi connectivity index (χ1n) is 7.40. The number of hydrogen-bond donors (Lipinski definition) is 2. The summed E-state index contributed by atoms with van der Waals surface area (Å²) < 4.78 is 0. The fourth-order valence-corrected chi connectivity index (χ4v) is 2.75. The van der Waals surface area contributed by atoms with Crippen LogP contribution in [0.1, 0.15) is 35.2 Å². The van der Waals surface area contributed by atoms with Gasteiger partial charge in [-0.05, 0) is 58.0 Å². The summed E-state index contributed by atoms with van der Waals surface area (Å²) >= 11 is 4.50. The number of aliphatic imine (C=N–C) groups is 1. The highest BCUT2D eigenvalue weighted by Gasteiger charge is 2.16. The Hall–Kier alpha value is -1.33. The van der Waals surface area contributed by atoms with E-state index in [1.807, 2.05) is 18.3 Å². The maximum atomic E-state index is 12.2. The zero-order chi connectivity index (χ0) is 15.2. The standard InChI is InChI=1S/C16H23N3OS/c1-19(2)11-4-3-9-18-16(20)13-8-7-12-6-5-10-17-14(12)15(13)21/h7-8,10,21H,3-6,9,11H2,1-2H3,(H,18,20). The summed E-state index contributed by atoms with van der Waals surface area (Å²) in [4.78, 5) is 19.4. The van der Waals surface area contributed by atoms with Crippen LogP contribution in [0.3, 0.4) is 0 Å². The van der Waals surface area contributed by atoms with Crippen molar-refractivity contribution >= 4 is 30.4 Å². The van der Waals surface area contributed by atoms with Gasteiger partial charge in [-0.3, -0.25) is 9.79 Å². The molecule has 21 heavy (non-hydrogen) atoms. The molecule has 0 radical (unpaired) electrons. The van der Waals surface area contributed by atoms with Crippen molar-refractivity contribution in [3.63, 3.8) is 0 Å². The maximum absolute atomic E-state index is 12.2. The molecule has 0 atom stereocenters. The first kappa shape index (κ1) is 16.0. The number of fused-ring (bicyclic) bond motifs is 1. The Morgan fingerprint density at radius 3 is 2.95 bits per heavy atom. The van der Waals surface area contributed by atoms with Crippen molar-refractivity contribution in [3.05, 3.63) is 23.3 Å². The quantitative estimate of drug-likeness (QED) is 0.627. The SMILES string of the molecule is CN(C)CCCCNC(=O)c1ccc2c(c1S)N=CCC2. The molecule has 0 saturated carbocycles. The molecule has 1 aliphatic heterocycles. The Bertz CT molecular complexity index is 541. The number of amides is 1. The van der Waals surface area contributed by atoms with Gasteiger partial charge >= 0.3 is 0 Å². The number of nitrogens with one attached hydrogen (secondary N) is 1. The third-order valence-electron chi connectivity index (χ3n) is 3.56. The molecule has 1 aromatic rings. The molecule has 1 heterocycles. The van der Waals surface area contributed by atoms with Gasteiger partial charge < -0.3 is 10.2 Å². The van der Waals surface area contributed by atoms with Gasteiger partial charge in [0.05, 0.1) is 11.3 Å². The number of thiol groups is 1. The van der Waals surface area contributed by atoms with Crippen molar-refractivity contribution in [1.82, 2.24) is 10.2 Å². The molecule has 0 fully saturated rings. The van der Waals surface area contributed by atoms with Crippen LogP contribution in [-0.4, -0.2) is 44.2 Å². The molecule has 1 amide bonds. The number of nitrogens with zero attached hydrogens (tertiary/aromatic N) is 2. The maximum Gasteiger partial charge on any atom is 0.252 e. The molecule has 4 nitrogen and oxygen atoms in total. The normalized spacial score (nSPS) is 13.3. The topological polar surface area (TPSA) is 44.7 Å². The van der Waals surface area contributed by atoms with Crippen molar-refractivity contribution < 1.29 is 4.79 Å². The van der Waals surface area contributed by atoms with Crippen LogP contribution in [0.25, 0.3) is 0 Å². The summed E-state index contributed by atoms with van der Waals surface area (Å²) in [7, 11) is 4.11. The molecular weight excluding hydrogens is 282 g/mol. The number of carbonyl (C=O) groups excluding carboxylic acids is 1. The van der Waals surface area contributed by atoms with Crippen LogP contribution in [0, 0.1) is 0 Å². The van der Waals surface area contributed by atoms with Gasteiger partial charge in [-0.25, -0.2) is 0 Å². The summed E-state index contributed by atoms with van der Waals surface area (Å²) in [6.07, 6.45) is 5.88. The summed E-state index contributed by atoms with van der Waals surface area (Å²) in [5, 5.41) is 2.96. The second-order valence-corrected chi connectivity index (χ2v) is 6.03. The molecule has 0 unspecified atom stereocenters. The van der Waals surface area contributed by atoms with Crippen LogP contribution in [-0.2, 0) is 6.42 Å². The van der Waals surface area contributed by atoms with Gasteiger partial charge in [0.2, 0.25) is 0 Å². The highest BCUT2D eigenvalue weighted by Crippen LogP contribution is 2.33. The summed E-state index contributed by atoms with van der Waals surface area (Å²) in [5.74, 6) is -0.0616. The summed E-state index contributed by atoms with van der Waals surface area (Å²) in [6, 6.07) is 3.85. The van der Waals surface area contributed by atoms with Gasteiger partial charge in [-0.15, -0.1) is 12.6 Å². The van der Waals surface area contributed by atoms with Gasteiger partial charge in [0.25, 0.3) is 5.91 Å².